The Kier molecular flexibility index (Phi) is 8.45. The number of rotatable bonds is 2. The van der Waals surface area contributed by atoms with E-state index in [1.165, 1.54) is 81.8 Å². The number of halogens is 2. The molecule has 0 spiro atoms. The average molecular weight is 522 g/mol. The third-order valence-electron chi connectivity index (χ3n) is 7.39. The van der Waals surface area contributed by atoms with Gasteiger partial charge in [-0.05, 0) is 33.6 Å². The van der Waals surface area contributed by atoms with Gasteiger partial charge in [-0.15, -0.1) is 17.2 Å². The van der Waals surface area contributed by atoms with E-state index in [-0.39, 0.29) is 12.1 Å². The fourth-order valence-electron chi connectivity index (χ4n) is 6.05. The molecule has 0 saturated heterocycles. The summed E-state index contributed by atoms with van der Waals surface area (Å²) in [6.07, 6.45) is 6.67. The van der Waals surface area contributed by atoms with Crippen molar-refractivity contribution in [3.63, 3.8) is 0 Å². The fraction of sp³-hybridized carbons (Fsp3) is 0.233. The smallest absolute Gasteiger partial charge is 0.693 e. The molecule has 174 valence electrons. The molecule has 0 amide bonds. The van der Waals surface area contributed by atoms with Crippen LogP contribution in [0.4, 0.5) is 0 Å². The van der Waals surface area contributed by atoms with E-state index in [1.807, 2.05) is 0 Å². The van der Waals surface area contributed by atoms with Gasteiger partial charge in [-0.25, -0.2) is 0 Å². The molecule has 2 aliphatic carbocycles. The minimum atomic E-state index is -0.556. The van der Waals surface area contributed by atoms with Crippen LogP contribution < -0.4 is 0 Å². The van der Waals surface area contributed by atoms with E-state index < -0.39 is 17.0 Å². The van der Waals surface area contributed by atoms with Crippen LogP contribution in [0.1, 0.15) is 71.8 Å². The fourth-order valence-corrected chi connectivity index (χ4v) is 6.05. The second kappa shape index (κ2) is 11.3. The molecule has 0 heterocycles. The second-order valence-corrected chi connectivity index (χ2v) is 11.7. The van der Waals surface area contributed by atoms with Crippen molar-refractivity contribution in [3.8, 4) is 11.1 Å². The Bertz CT molecular complexity index is 1230. The van der Waals surface area contributed by atoms with Crippen molar-refractivity contribution in [1.29, 1.82) is 0 Å². The van der Waals surface area contributed by atoms with E-state index in [1.54, 1.807) is 0 Å². The van der Waals surface area contributed by atoms with E-state index in [9.17, 15) is 0 Å². The summed E-state index contributed by atoms with van der Waals surface area (Å²) in [6.45, 7) is 4.74. The molecule has 4 heteroatoms. The predicted molar refractivity (Wildman–Crippen MR) is 144 cm³/mol. The van der Waals surface area contributed by atoms with Crippen molar-refractivity contribution >= 4 is 29.4 Å². The van der Waals surface area contributed by atoms with Gasteiger partial charge in [-0.2, -0.15) is 12.5 Å². The van der Waals surface area contributed by atoms with Gasteiger partial charge in [0.2, 0.25) is 0 Å². The number of benzene rings is 4. The quantitative estimate of drug-likeness (QED) is 0.163. The first kappa shape index (κ1) is 25.4. The maximum absolute atomic E-state index is 4.89. The van der Waals surface area contributed by atoms with Crippen LogP contribution in [0.3, 0.4) is 0 Å². The largest absolute Gasteiger partial charge is 0.693 e. The molecule has 0 aliphatic heterocycles. The Balaban J connectivity index is 0.000000652. The molecule has 34 heavy (non-hydrogen) atoms. The van der Waals surface area contributed by atoms with Gasteiger partial charge < -0.3 is 6.15 Å². The zero-order chi connectivity index (χ0) is 22.8. The van der Waals surface area contributed by atoms with E-state index >= 15 is 0 Å². The Labute approximate surface area is 220 Å². The summed E-state index contributed by atoms with van der Waals surface area (Å²) in [5.74, 6) is 0.917. The molecule has 2 N–H and O–H groups in total. The van der Waals surface area contributed by atoms with Gasteiger partial charge >= 0.3 is 35.6 Å². The molecule has 4 aromatic carbocycles. The van der Waals surface area contributed by atoms with Crippen LogP contribution in [-0.2, 0) is 17.0 Å². The van der Waals surface area contributed by atoms with E-state index in [0.717, 1.165) is 0 Å². The van der Waals surface area contributed by atoms with Crippen molar-refractivity contribution in [2.24, 2.45) is 0 Å². The van der Waals surface area contributed by atoms with Gasteiger partial charge in [0.1, 0.15) is 0 Å². The van der Waals surface area contributed by atoms with Crippen LogP contribution in [-0.4, -0.2) is 0 Å². The van der Waals surface area contributed by atoms with Crippen molar-refractivity contribution in [3.05, 3.63) is 120 Å². The Morgan fingerprint density at radius 2 is 1.24 bits per heavy atom. The first-order valence-corrected chi connectivity index (χ1v) is 16.1. The summed E-state index contributed by atoms with van der Waals surface area (Å²) in [5.41, 5.74) is 9.80. The maximum atomic E-state index is 4.89. The van der Waals surface area contributed by atoms with E-state index in [0.29, 0.717) is 5.92 Å². The Morgan fingerprint density at radius 3 is 1.85 bits per heavy atom. The third kappa shape index (κ3) is 4.58. The van der Waals surface area contributed by atoms with Crippen LogP contribution in [0.2, 0.25) is 0 Å². The number of nitrogens with two attached hydrogens (primary N) is 1. The van der Waals surface area contributed by atoms with Crippen molar-refractivity contribution in [2.45, 2.75) is 43.9 Å². The zero-order valence-corrected chi connectivity index (χ0v) is 22.3. The predicted octanol–water partition coefficient (Wildman–Crippen LogP) is 10.3. The Hall–Kier alpha value is -1.74. The van der Waals surface area contributed by atoms with Gasteiger partial charge in [0, 0.05) is 0 Å². The van der Waals surface area contributed by atoms with Crippen LogP contribution in [0, 0.1) is 6.92 Å². The molecular formula is C30H29Cl2NTi-2. The van der Waals surface area contributed by atoms with Gasteiger partial charge in [-0.1, -0.05) is 116 Å². The number of hydrogen-bond donors (Lipinski definition) is 0. The van der Waals surface area contributed by atoms with Crippen LogP contribution >= 0.6 is 18.6 Å². The summed E-state index contributed by atoms with van der Waals surface area (Å²) in [6, 6.07) is 29.3. The van der Waals surface area contributed by atoms with Crippen molar-refractivity contribution < 1.29 is 17.0 Å². The minimum Gasteiger partial charge on any atom is -0.693 e. The molecule has 0 radical (unpaired) electrons. The molecule has 1 nitrogen and oxygen atoms in total. The van der Waals surface area contributed by atoms with E-state index in [2.05, 4.69) is 78.9 Å². The zero-order valence-electron chi connectivity index (χ0n) is 19.2. The first-order valence-electron chi connectivity index (χ1n) is 11.8. The molecule has 6 rings (SSSR count). The van der Waals surface area contributed by atoms with Gasteiger partial charge in [0.25, 0.3) is 0 Å². The van der Waals surface area contributed by atoms with Crippen LogP contribution in [0.5, 0.6) is 0 Å². The summed E-state index contributed by atoms with van der Waals surface area (Å²) in [7, 11) is 9.78. The standard InChI is InChI=1S/C30H27.2ClH.H2N.Ti/c1-20-28(30-26-17-9-7-15-24(26)25-16-8-10-18-27(25)30)19-22-13-5-6-14-23(22)29(20)21-11-3-2-4-12-21;;;;/h5-10,13-19,21,30H,1-4,11-12H2;2*1H;1H2;/q-1;;;-1;+2/p-2. The van der Waals surface area contributed by atoms with Gasteiger partial charge in [0.05, 0.1) is 0 Å². The molecule has 1 fully saturated rings. The van der Waals surface area contributed by atoms with Gasteiger partial charge in [0.15, 0.2) is 0 Å². The summed E-state index contributed by atoms with van der Waals surface area (Å²) < 4.78 is 0. The molecule has 4 aromatic rings. The molecule has 0 aromatic heterocycles. The number of hydrogen-bond acceptors (Lipinski definition) is 0. The van der Waals surface area contributed by atoms with Crippen LogP contribution in [0.25, 0.3) is 28.0 Å². The summed E-state index contributed by atoms with van der Waals surface area (Å²) in [5, 5.41) is 2.78. The summed E-state index contributed by atoms with van der Waals surface area (Å²) in [4.78, 5) is 0. The van der Waals surface area contributed by atoms with Crippen molar-refractivity contribution in [1.82, 2.24) is 0 Å². The topological polar surface area (TPSA) is 33.5 Å². The van der Waals surface area contributed by atoms with E-state index in [4.69, 9.17) is 25.5 Å². The summed E-state index contributed by atoms with van der Waals surface area (Å²) >= 11 is -0.556. The third-order valence-corrected chi connectivity index (χ3v) is 7.39. The van der Waals surface area contributed by atoms with Crippen molar-refractivity contribution in [2.75, 3.05) is 0 Å². The molecular weight excluding hydrogens is 493 g/mol. The first-order chi connectivity index (χ1) is 16.2. The maximum Gasteiger partial charge on any atom is -0.693 e. The number of fused-ring (bicyclic) bond motifs is 4. The molecule has 2 aliphatic rings. The van der Waals surface area contributed by atoms with Crippen LogP contribution in [0.15, 0.2) is 78.9 Å². The molecule has 1 saturated carbocycles. The molecule has 0 unspecified atom stereocenters. The average Bonchev–Trinajstić information content (AvgIpc) is 3.19. The Morgan fingerprint density at radius 1 is 0.706 bits per heavy atom. The second-order valence-electron chi connectivity index (χ2n) is 9.09. The molecule has 0 bridgehead atoms. The van der Waals surface area contributed by atoms with Gasteiger partial charge in [-0.3, -0.25) is 0 Å². The molecule has 0 atom stereocenters. The monoisotopic (exact) mass is 521 g/mol. The SMILES string of the molecule is [CH2-]c1c(C2c3ccccc3-c3ccccc32)cc2ccccc2c1C1CCCCC1.[Cl][Ti][Cl].[NH2-]. The normalized spacial score (nSPS) is 15.0. The minimum absolute atomic E-state index is 0.